The Morgan fingerprint density at radius 1 is 1.38 bits per heavy atom. The minimum Gasteiger partial charge on any atom is -0.369 e. The van der Waals surface area contributed by atoms with Gasteiger partial charge in [-0.15, -0.1) is 0 Å². The number of hydrogen-bond donors (Lipinski definition) is 1. The van der Waals surface area contributed by atoms with Gasteiger partial charge in [0.25, 0.3) is 0 Å². The second-order valence-electron chi connectivity index (χ2n) is 4.69. The summed E-state index contributed by atoms with van der Waals surface area (Å²) in [5.74, 6) is 0.187. The van der Waals surface area contributed by atoms with Crippen LogP contribution in [0.1, 0.15) is 35.4 Å². The van der Waals surface area contributed by atoms with Crippen molar-refractivity contribution in [3.63, 3.8) is 0 Å². The normalized spacial score (nSPS) is 17.2. The summed E-state index contributed by atoms with van der Waals surface area (Å²) >= 11 is 3.54. The third kappa shape index (κ3) is 2.14. The van der Waals surface area contributed by atoms with Gasteiger partial charge in [-0.3, -0.25) is 4.79 Å². The quantitative estimate of drug-likeness (QED) is 0.909. The molecule has 2 nitrogen and oxygen atoms in total. The average Bonchev–Trinajstić information content (AvgIpc) is 2.98. The molecule has 1 aliphatic rings. The van der Waals surface area contributed by atoms with E-state index in [1.165, 1.54) is 11.1 Å². The topological polar surface area (TPSA) is 43.1 Å². The molecule has 0 bridgehead atoms. The van der Waals surface area contributed by atoms with Gasteiger partial charge < -0.3 is 5.73 Å². The first kappa shape index (κ1) is 11.6. The monoisotopic (exact) mass is 281 g/mol. The van der Waals surface area contributed by atoms with Crippen molar-refractivity contribution in [2.24, 2.45) is 11.7 Å². The van der Waals surface area contributed by atoms with Gasteiger partial charge in [0, 0.05) is 4.47 Å². The fourth-order valence-corrected chi connectivity index (χ4v) is 2.49. The van der Waals surface area contributed by atoms with E-state index in [4.69, 9.17) is 5.73 Å². The zero-order chi connectivity index (χ0) is 11.9. The zero-order valence-electron chi connectivity index (χ0n) is 9.59. The Bertz CT molecular complexity index is 415. The number of nitrogens with two attached hydrogens (primary N) is 1. The van der Waals surface area contributed by atoms with Crippen LogP contribution in [0.2, 0.25) is 0 Å². The van der Waals surface area contributed by atoms with E-state index in [9.17, 15) is 4.79 Å². The predicted molar refractivity (Wildman–Crippen MR) is 68.3 cm³/mol. The summed E-state index contributed by atoms with van der Waals surface area (Å²) in [6.45, 7) is 4.09. The maximum atomic E-state index is 11.5. The van der Waals surface area contributed by atoms with E-state index in [0.717, 1.165) is 22.9 Å². The summed E-state index contributed by atoms with van der Waals surface area (Å²) in [5, 5.41) is 0. The van der Waals surface area contributed by atoms with Crippen LogP contribution in [-0.4, -0.2) is 5.91 Å². The molecule has 1 aliphatic carbocycles. The molecule has 0 saturated heterocycles. The lowest BCUT2D eigenvalue weighted by Gasteiger charge is -2.15. The summed E-state index contributed by atoms with van der Waals surface area (Å²) in [4.78, 5) is 11.5. The Morgan fingerprint density at radius 2 is 1.88 bits per heavy atom. The number of carbonyl (C=O) groups is 1. The lowest BCUT2D eigenvalue weighted by atomic mass is 9.91. The van der Waals surface area contributed by atoms with Crippen LogP contribution in [0.25, 0.3) is 0 Å². The second-order valence-corrected chi connectivity index (χ2v) is 5.48. The van der Waals surface area contributed by atoms with Crippen LogP contribution in [0, 0.1) is 19.8 Å². The van der Waals surface area contributed by atoms with E-state index < -0.39 is 0 Å². The molecule has 0 radical (unpaired) electrons. The molecular weight excluding hydrogens is 266 g/mol. The zero-order valence-corrected chi connectivity index (χ0v) is 11.2. The highest BCUT2D eigenvalue weighted by atomic mass is 79.9. The summed E-state index contributed by atoms with van der Waals surface area (Å²) in [7, 11) is 0. The van der Waals surface area contributed by atoms with Crippen LogP contribution in [0.5, 0.6) is 0 Å². The van der Waals surface area contributed by atoms with E-state index in [2.05, 4.69) is 28.1 Å². The van der Waals surface area contributed by atoms with Crippen molar-refractivity contribution in [2.45, 2.75) is 32.6 Å². The summed E-state index contributed by atoms with van der Waals surface area (Å²) < 4.78 is 1.12. The molecule has 1 aromatic carbocycles. The standard InChI is InChI=1S/C13H16BrNO/c1-7-5-10(6-8(2)12(7)14)11(13(15)16)9-3-4-9/h5-6,9,11H,3-4H2,1-2H3,(H2,15,16). The second kappa shape index (κ2) is 4.21. The molecule has 1 unspecified atom stereocenters. The molecule has 2 rings (SSSR count). The van der Waals surface area contributed by atoms with E-state index >= 15 is 0 Å². The smallest absolute Gasteiger partial charge is 0.225 e. The van der Waals surface area contributed by atoms with Crippen molar-refractivity contribution in [1.82, 2.24) is 0 Å². The van der Waals surface area contributed by atoms with Crippen molar-refractivity contribution in [3.05, 3.63) is 33.3 Å². The molecule has 0 heterocycles. The first-order valence-electron chi connectivity index (χ1n) is 5.56. The highest BCUT2D eigenvalue weighted by molar-refractivity contribution is 9.10. The van der Waals surface area contributed by atoms with Crippen molar-refractivity contribution >= 4 is 21.8 Å². The van der Waals surface area contributed by atoms with Crippen molar-refractivity contribution in [3.8, 4) is 0 Å². The predicted octanol–water partition coefficient (Wildman–Crippen LogP) is 3.04. The lowest BCUT2D eigenvalue weighted by Crippen LogP contribution is -2.23. The highest BCUT2D eigenvalue weighted by Crippen LogP contribution is 2.43. The molecule has 0 aromatic heterocycles. The Labute approximate surface area is 104 Å². The summed E-state index contributed by atoms with van der Waals surface area (Å²) in [6.07, 6.45) is 2.25. The molecule has 1 aromatic rings. The number of aryl methyl sites for hydroxylation is 2. The first-order chi connectivity index (χ1) is 7.50. The Kier molecular flexibility index (Phi) is 3.06. The number of amides is 1. The Balaban J connectivity index is 2.41. The first-order valence-corrected chi connectivity index (χ1v) is 6.36. The fraction of sp³-hybridized carbons (Fsp3) is 0.462. The fourth-order valence-electron chi connectivity index (χ4n) is 2.26. The van der Waals surface area contributed by atoms with Gasteiger partial charge in [0.2, 0.25) is 5.91 Å². The van der Waals surface area contributed by atoms with E-state index in [-0.39, 0.29) is 11.8 Å². The maximum Gasteiger partial charge on any atom is 0.225 e. The van der Waals surface area contributed by atoms with Gasteiger partial charge in [-0.25, -0.2) is 0 Å². The minimum atomic E-state index is -0.191. The number of primary amides is 1. The largest absolute Gasteiger partial charge is 0.369 e. The van der Waals surface area contributed by atoms with Gasteiger partial charge >= 0.3 is 0 Å². The molecule has 0 aliphatic heterocycles. The SMILES string of the molecule is Cc1cc(C(C(N)=O)C2CC2)cc(C)c1Br. The molecule has 86 valence electrons. The van der Waals surface area contributed by atoms with Crippen LogP contribution in [-0.2, 0) is 4.79 Å². The van der Waals surface area contributed by atoms with Gasteiger partial charge in [-0.2, -0.15) is 0 Å². The van der Waals surface area contributed by atoms with Gasteiger partial charge in [0.15, 0.2) is 0 Å². The molecular formula is C13H16BrNO. The highest BCUT2D eigenvalue weighted by Gasteiger charge is 2.36. The van der Waals surface area contributed by atoms with Crippen molar-refractivity contribution in [1.29, 1.82) is 0 Å². The average molecular weight is 282 g/mol. The molecule has 16 heavy (non-hydrogen) atoms. The third-order valence-electron chi connectivity index (χ3n) is 3.22. The third-order valence-corrected chi connectivity index (χ3v) is 4.47. The van der Waals surface area contributed by atoms with E-state index in [1.54, 1.807) is 0 Å². The van der Waals surface area contributed by atoms with E-state index in [0.29, 0.717) is 5.92 Å². The Morgan fingerprint density at radius 3 is 2.25 bits per heavy atom. The van der Waals surface area contributed by atoms with Gasteiger partial charge in [-0.1, -0.05) is 28.1 Å². The van der Waals surface area contributed by atoms with Crippen LogP contribution in [0.3, 0.4) is 0 Å². The summed E-state index contributed by atoms with van der Waals surface area (Å²) in [5.41, 5.74) is 8.91. The molecule has 1 amide bonds. The number of rotatable bonds is 3. The van der Waals surface area contributed by atoms with Gasteiger partial charge in [-0.05, 0) is 49.3 Å². The number of halogens is 1. The van der Waals surface area contributed by atoms with Crippen LogP contribution < -0.4 is 5.73 Å². The maximum absolute atomic E-state index is 11.5. The molecule has 2 N–H and O–H groups in total. The van der Waals surface area contributed by atoms with Crippen LogP contribution >= 0.6 is 15.9 Å². The Hall–Kier alpha value is -0.830. The number of carbonyl (C=O) groups excluding carboxylic acids is 1. The molecule has 3 heteroatoms. The number of hydrogen-bond acceptors (Lipinski definition) is 1. The number of benzene rings is 1. The molecule has 0 spiro atoms. The molecule has 1 atom stereocenters. The van der Waals surface area contributed by atoms with Crippen molar-refractivity contribution in [2.75, 3.05) is 0 Å². The minimum absolute atomic E-state index is 0.0921. The van der Waals surface area contributed by atoms with Crippen molar-refractivity contribution < 1.29 is 4.79 Å². The van der Waals surface area contributed by atoms with Crippen LogP contribution in [0.4, 0.5) is 0 Å². The van der Waals surface area contributed by atoms with Gasteiger partial charge in [0.1, 0.15) is 0 Å². The molecule has 1 saturated carbocycles. The summed E-state index contributed by atoms with van der Waals surface area (Å²) in [6, 6.07) is 4.15. The molecule has 1 fully saturated rings. The van der Waals surface area contributed by atoms with Gasteiger partial charge in [0.05, 0.1) is 5.92 Å². The van der Waals surface area contributed by atoms with E-state index in [1.807, 2.05) is 13.8 Å². The lowest BCUT2D eigenvalue weighted by molar-refractivity contribution is -0.119. The van der Waals surface area contributed by atoms with Crippen LogP contribution in [0.15, 0.2) is 16.6 Å².